The summed E-state index contributed by atoms with van der Waals surface area (Å²) in [5.74, 6) is 1.83. The van der Waals surface area contributed by atoms with E-state index in [9.17, 15) is 0 Å². The van der Waals surface area contributed by atoms with Crippen molar-refractivity contribution < 1.29 is 0 Å². The molecule has 9 nitrogen and oxygen atoms in total. The van der Waals surface area contributed by atoms with Crippen molar-refractivity contribution in [3.63, 3.8) is 0 Å². The summed E-state index contributed by atoms with van der Waals surface area (Å²) in [5, 5.41) is 10.5. The molecule has 0 fully saturated rings. The average molecular weight is 349 g/mol. The van der Waals surface area contributed by atoms with Gasteiger partial charge in [-0.25, -0.2) is 15.0 Å². The van der Waals surface area contributed by atoms with Gasteiger partial charge in [-0.1, -0.05) is 0 Å². The van der Waals surface area contributed by atoms with E-state index in [1.807, 2.05) is 25.6 Å². The summed E-state index contributed by atoms with van der Waals surface area (Å²) in [6, 6.07) is 4.09. The lowest BCUT2D eigenvalue weighted by Crippen LogP contribution is -2.02. The molecule has 132 valence electrons. The van der Waals surface area contributed by atoms with Crippen molar-refractivity contribution in [1.82, 2.24) is 34.3 Å². The Hall–Kier alpha value is -3.49. The summed E-state index contributed by atoms with van der Waals surface area (Å²) in [4.78, 5) is 17.5. The summed E-state index contributed by atoms with van der Waals surface area (Å²) in [5.41, 5.74) is 2.72. The number of aryl methyl sites for hydroxylation is 1. The second-order valence-electron chi connectivity index (χ2n) is 6.22. The Kier molecular flexibility index (Phi) is 3.96. The van der Waals surface area contributed by atoms with E-state index in [-0.39, 0.29) is 0 Å². The molecule has 2 N–H and O–H groups in total. The zero-order chi connectivity index (χ0) is 18.1. The zero-order valence-corrected chi connectivity index (χ0v) is 14.7. The summed E-state index contributed by atoms with van der Waals surface area (Å²) < 4.78 is 3.82. The number of fused-ring (bicyclic) bond motifs is 1. The maximum absolute atomic E-state index is 4.47. The van der Waals surface area contributed by atoms with Crippen LogP contribution in [0.5, 0.6) is 0 Å². The number of rotatable bonds is 5. The van der Waals surface area contributed by atoms with Crippen molar-refractivity contribution >= 4 is 34.3 Å². The Bertz CT molecular complexity index is 1050. The normalized spacial score (nSPS) is 11.2. The third-order valence-electron chi connectivity index (χ3n) is 3.89. The predicted octanol–water partition coefficient (Wildman–Crippen LogP) is 3.02. The third-order valence-corrected chi connectivity index (χ3v) is 3.89. The van der Waals surface area contributed by atoms with Crippen LogP contribution in [-0.4, -0.2) is 34.3 Å². The second kappa shape index (κ2) is 6.43. The standard InChI is InChI=1S/C17H19N9/c1-11(2)26-10-20-13-8-19-16(6-14(13)26)23-15-4-5-18-17(24-15)22-12-7-21-25(3)9-12/h4-11H,1-3H3,(H2,18,19,22,23,24). The summed E-state index contributed by atoms with van der Waals surface area (Å²) in [6.45, 7) is 4.24. The molecule has 0 saturated carbocycles. The monoisotopic (exact) mass is 349 g/mol. The van der Waals surface area contributed by atoms with E-state index in [4.69, 9.17) is 0 Å². The Morgan fingerprint density at radius 2 is 1.92 bits per heavy atom. The van der Waals surface area contributed by atoms with Gasteiger partial charge in [0.25, 0.3) is 0 Å². The molecule has 0 aromatic carbocycles. The van der Waals surface area contributed by atoms with Crippen LogP contribution in [0.25, 0.3) is 11.0 Å². The molecule has 9 heteroatoms. The van der Waals surface area contributed by atoms with E-state index in [0.29, 0.717) is 23.6 Å². The molecule has 0 atom stereocenters. The lowest BCUT2D eigenvalue weighted by molar-refractivity contribution is 0.617. The van der Waals surface area contributed by atoms with Gasteiger partial charge in [0.05, 0.1) is 29.9 Å². The fourth-order valence-electron chi connectivity index (χ4n) is 2.64. The van der Waals surface area contributed by atoms with Gasteiger partial charge in [-0.3, -0.25) is 4.68 Å². The Labute approximate surface area is 150 Å². The van der Waals surface area contributed by atoms with Crippen LogP contribution in [0.1, 0.15) is 19.9 Å². The van der Waals surface area contributed by atoms with Crippen LogP contribution >= 0.6 is 0 Å². The largest absolute Gasteiger partial charge is 0.328 e. The summed E-state index contributed by atoms with van der Waals surface area (Å²) in [6.07, 6.45) is 8.84. The SMILES string of the molecule is CC(C)n1cnc2cnc(Nc3ccnc(Nc4cnn(C)c4)n3)cc21. The number of hydrogen-bond donors (Lipinski definition) is 2. The lowest BCUT2D eigenvalue weighted by atomic mass is 10.3. The molecule has 4 aromatic heterocycles. The van der Waals surface area contributed by atoms with E-state index < -0.39 is 0 Å². The highest BCUT2D eigenvalue weighted by molar-refractivity contribution is 5.78. The quantitative estimate of drug-likeness (QED) is 0.571. The Balaban J connectivity index is 1.58. The van der Waals surface area contributed by atoms with E-state index >= 15 is 0 Å². The Morgan fingerprint density at radius 3 is 2.69 bits per heavy atom. The van der Waals surface area contributed by atoms with Crippen molar-refractivity contribution in [2.75, 3.05) is 10.6 Å². The van der Waals surface area contributed by atoms with Crippen LogP contribution in [-0.2, 0) is 7.05 Å². The molecule has 0 radical (unpaired) electrons. The molecule has 0 unspecified atom stereocenters. The molecule has 4 heterocycles. The predicted molar refractivity (Wildman–Crippen MR) is 99.7 cm³/mol. The molecule has 0 aliphatic rings. The van der Waals surface area contributed by atoms with Gasteiger partial charge in [0.15, 0.2) is 0 Å². The van der Waals surface area contributed by atoms with Crippen LogP contribution in [0.15, 0.2) is 43.2 Å². The fourth-order valence-corrected chi connectivity index (χ4v) is 2.64. The number of aromatic nitrogens is 7. The first-order valence-corrected chi connectivity index (χ1v) is 8.27. The Morgan fingerprint density at radius 1 is 1.04 bits per heavy atom. The van der Waals surface area contributed by atoms with Crippen LogP contribution in [0.3, 0.4) is 0 Å². The van der Waals surface area contributed by atoms with Gasteiger partial charge in [0.1, 0.15) is 17.2 Å². The molecule has 0 amide bonds. The molecule has 0 aliphatic carbocycles. The molecule has 0 bridgehead atoms. The number of hydrogen-bond acceptors (Lipinski definition) is 7. The van der Waals surface area contributed by atoms with E-state index in [2.05, 4.69) is 54.1 Å². The number of nitrogens with one attached hydrogen (secondary N) is 2. The van der Waals surface area contributed by atoms with Crippen LogP contribution in [0.4, 0.5) is 23.3 Å². The van der Waals surface area contributed by atoms with Gasteiger partial charge in [-0.2, -0.15) is 10.1 Å². The number of nitrogens with zero attached hydrogens (tertiary/aromatic N) is 7. The minimum absolute atomic E-state index is 0.324. The van der Waals surface area contributed by atoms with Gasteiger partial charge < -0.3 is 15.2 Å². The number of pyridine rings is 1. The van der Waals surface area contributed by atoms with E-state index in [1.54, 1.807) is 29.3 Å². The third kappa shape index (κ3) is 3.18. The van der Waals surface area contributed by atoms with E-state index in [0.717, 1.165) is 16.7 Å². The van der Waals surface area contributed by atoms with Gasteiger partial charge in [0, 0.05) is 31.5 Å². The van der Waals surface area contributed by atoms with Gasteiger partial charge in [-0.05, 0) is 19.9 Å². The maximum atomic E-state index is 4.47. The van der Waals surface area contributed by atoms with Gasteiger partial charge in [-0.15, -0.1) is 0 Å². The van der Waals surface area contributed by atoms with Crippen molar-refractivity contribution in [3.8, 4) is 0 Å². The summed E-state index contributed by atoms with van der Waals surface area (Å²) >= 11 is 0. The molecule has 26 heavy (non-hydrogen) atoms. The molecule has 0 saturated heterocycles. The van der Waals surface area contributed by atoms with Gasteiger partial charge in [0.2, 0.25) is 5.95 Å². The second-order valence-corrected chi connectivity index (χ2v) is 6.22. The van der Waals surface area contributed by atoms with Crippen LogP contribution in [0.2, 0.25) is 0 Å². The highest BCUT2D eigenvalue weighted by Crippen LogP contribution is 2.21. The van der Waals surface area contributed by atoms with Gasteiger partial charge >= 0.3 is 0 Å². The van der Waals surface area contributed by atoms with Crippen molar-refractivity contribution in [2.45, 2.75) is 19.9 Å². The van der Waals surface area contributed by atoms with Crippen LogP contribution < -0.4 is 10.6 Å². The van der Waals surface area contributed by atoms with Crippen molar-refractivity contribution in [1.29, 1.82) is 0 Å². The van der Waals surface area contributed by atoms with Crippen molar-refractivity contribution in [3.05, 3.63) is 43.2 Å². The van der Waals surface area contributed by atoms with Crippen molar-refractivity contribution in [2.24, 2.45) is 7.05 Å². The minimum Gasteiger partial charge on any atom is -0.328 e. The summed E-state index contributed by atoms with van der Waals surface area (Å²) in [7, 11) is 1.85. The molecule has 0 spiro atoms. The average Bonchev–Trinajstić information content (AvgIpc) is 3.21. The topological polar surface area (TPSA) is 98.4 Å². The highest BCUT2D eigenvalue weighted by atomic mass is 15.3. The zero-order valence-electron chi connectivity index (χ0n) is 14.7. The smallest absolute Gasteiger partial charge is 0.229 e. The lowest BCUT2D eigenvalue weighted by Gasteiger charge is -2.10. The van der Waals surface area contributed by atoms with Crippen LogP contribution in [0, 0.1) is 0 Å². The highest BCUT2D eigenvalue weighted by Gasteiger charge is 2.08. The number of imidazole rings is 1. The van der Waals surface area contributed by atoms with E-state index in [1.165, 1.54) is 0 Å². The first-order valence-electron chi connectivity index (χ1n) is 8.27. The number of anilines is 4. The minimum atomic E-state index is 0.324. The first kappa shape index (κ1) is 16.0. The molecule has 4 rings (SSSR count). The molecule has 0 aliphatic heterocycles. The first-order chi connectivity index (χ1) is 12.6. The maximum Gasteiger partial charge on any atom is 0.229 e. The molecular weight excluding hydrogens is 330 g/mol. The molecule has 4 aromatic rings. The fraction of sp³-hybridized carbons (Fsp3) is 0.235. The molecular formula is C17H19N9.